The standard InChI is InChI=1S/C22H32NO3/c1-6-20(21(2,3)4)25-19-14-16(10-11-18(19)24-5)17-15-22(26-23-17)12-8-7-9-13-22/h10-11,14,20H,1,6-9,12-13,15H2,2-5H3. The van der Waals surface area contributed by atoms with Crippen molar-refractivity contribution in [2.75, 3.05) is 7.11 Å². The largest absolute Gasteiger partial charge is 0.493 e. The van der Waals surface area contributed by atoms with E-state index in [4.69, 9.17) is 14.3 Å². The van der Waals surface area contributed by atoms with Gasteiger partial charge in [-0.25, -0.2) is 0 Å². The van der Waals surface area contributed by atoms with E-state index in [1.165, 1.54) is 19.3 Å². The first-order valence-electron chi connectivity index (χ1n) is 9.76. The van der Waals surface area contributed by atoms with Crippen molar-refractivity contribution < 1.29 is 14.3 Å². The Kier molecular flexibility index (Phi) is 5.50. The lowest BCUT2D eigenvalue weighted by Crippen LogP contribution is -2.32. The van der Waals surface area contributed by atoms with Crippen LogP contribution in [0, 0.1) is 12.3 Å². The molecule has 1 fully saturated rings. The summed E-state index contributed by atoms with van der Waals surface area (Å²) < 4.78 is 11.8. The van der Waals surface area contributed by atoms with Crippen LogP contribution in [0.25, 0.3) is 0 Å². The summed E-state index contributed by atoms with van der Waals surface area (Å²) in [6.45, 7) is 10.6. The lowest BCUT2D eigenvalue weighted by Gasteiger charge is -2.31. The van der Waals surface area contributed by atoms with E-state index in [-0.39, 0.29) is 17.1 Å². The molecule has 3 rings (SSSR count). The molecule has 1 unspecified atom stereocenters. The molecule has 1 aromatic rings. The Hall–Kier alpha value is -1.71. The Labute approximate surface area is 157 Å². The molecule has 0 aromatic heterocycles. The number of hydrogen-bond acceptors (Lipinski definition) is 4. The summed E-state index contributed by atoms with van der Waals surface area (Å²) in [5.41, 5.74) is 2.00. The summed E-state index contributed by atoms with van der Waals surface area (Å²) >= 11 is 0. The third kappa shape index (κ3) is 3.99. The highest BCUT2D eigenvalue weighted by Gasteiger charge is 2.40. The van der Waals surface area contributed by atoms with Gasteiger partial charge in [-0.1, -0.05) is 32.3 Å². The Morgan fingerprint density at radius 1 is 1.19 bits per heavy atom. The van der Waals surface area contributed by atoms with Crippen LogP contribution in [-0.4, -0.2) is 24.5 Å². The number of oxime groups is 1. The van der Waals surface area contributed by atoms with Gasteiger partial charge in [0.05, 0.1) is 12.8 Å². The number of methoxy groups -OCH3 is 1. The van der Waals surface area contributed by atoms with Crippen LogP contribution in [-0.2, 0) is 4.84 Å². The van der Waals surface area contributed by atoms with Crippen molar-refractivity contribution in [1.82, 2.24) is 0 Å². The van der Waals surface area contributed by atoms with Gasteiger partial charge in [0.2, 0.25) is 0 Å². The monoisotopic (exact) mass is 358 g/mol. The summed E-state index contributed by atoms with van der Waals surface area (Å²) in [5.74, 6) is 1.49. The Morgan fingerprint density at radius 3 is 2.54 bits per heavy atom. The third-order valence-corrected chi connectivity index (χ3v) is 5.60. The van der Waals surface area contributed by atoms with Crippen LogP contribution in [0.3, 0.4) is 0 Å². The van der Waals surface area contributed by atoms with Crippen molar-refractivity contribution >= 4 is 5.71 Å². The molecule has 1 saturated carbocycles. The van der Waals surface area contributed by atoms with Gasteiger partial charge in [-0.05, 0) is 62.6 Å². The second kappa shape index (κ2) is 7.50. The van der Waals surface area contributed by atoms with E-state index < -0.39 is 0 Å². The first-order chi connectivity index (χ1) is 12.4. The zero-order valence-corrected chi connectivity index (χ0v) is 16.6. The molecule has 1 radical (unpaired) electrons. The molecule has 1 aliphatic carbocycles. The van der Waals surface area contributed by atoms with Crippen molar-refractivity contribution in [3.63, 3.8) is 0 Å². The molecule has 1 heterocycles. The Balaban J connectivity index is 1.81. The van der Waals surface area contributed by atoms with Gasteiger partial charge in [0, 0.05) is 12.0 Å². The number of ether oxygens (including phenoxy) is 2. The summed E-state index contributed by atoms with van der Waals surface area (Å²) in [7, 11) is 1.67. The molecule has 0 bridgehead atoms. The first-order valence-corrected chi connectivity index (χ1v) is 9.76. The number of hydrogen-bond donors (Lipinski definition) is 0. The SMILES string of the molecule is [CH2]CC(Oc1cc(C2=NOC3(CCCCC3)C2)ccc1OC)C(C)(C)C. The summed E-state index contributed by atoms with van der Waals surface area (Å²) in [6, 6.07) is 6.05. The van der Waals surface area contributed by atoms with Crippen molar-refractivity contribution in [2.24, 2.45) is 10.6 Å². The van der Waals surface area contributed by atoms with Gasteiger partial charge in [0.15, 0.2) is 11.5 Å². The van der Waals surface area contributed by atoms with Gasteiger partial charge in [-0.2, -0.15) is 0 Å². The van der Waals surface area contributed by atoms with Gasteiger partial charge in [0.1, 0.15) is 11.7 Å². The molecule has 143 valence electrons. The molecule has 1 atom stereocenters. The van der Waals surface area contributed by atoms with Gasteiger partial charge >= 0.3 is 0 Å². The average molecular weight is 359 g/mol. The lowest BCUT2D eigenvalue weighted by molar-refractivity contribution is -0.0449. The molecule has 0 N–H and O–H groups in total. The minimum Gasteiger partial charge on any atom is -0.493 e. The number of benzene rings is 1. The molecule has 1 aromatic carbocycles. The van der Waals surface area contributed by atoms with Gasteiger partial charge in [-0.3, -0.25) is 0 Å². The van der Waals surface area contributed by atoms with Gasteiger partial charge in [-0.15, -0.1) is 0 Å². The maximum atomic E-state index is 6.30. The van der Waals surface area contributed by atoms with E-state index in [1.54, 1.807) is 7.11 Å². The highest BCUT2D eigenvalue weighted by molar-refractivity contribution is 6.02. The quantitative estimate of drug-likeness (QED) is 0.694. The molecule has 1 aliphatic heterocycles. The average Bonchev–Trinajstić information content (AvgIpc) is 3.02. The molecule has 0 amide bonds. The maximum absolute atomic E-state index is 6.30. The minimum absolute atomic E-state index is 0.00289. The lowest BCUT2D eigenvalue weighted by atomic mass is 9.81. The fraction of sp³-hybridized carbons (Fsp3) is 0.636. The van der Waals surface area contributed by atoms with Crippen LogP contribution >= 0.6 is 0 Å². The predicted octanol–water partition coefficient (Wildman–Crippen LogP) is 5.54. The van der Waals surface area contributed by atoms with Crippen LogP contribution in [0.5, 0.6) is 11.5 Å². The van der Waals surface area contributed by atoms with E-state index >= 15 is 0 Å². The summed E-state index contributed by atoms with van der Waals surface area (Å²) in [5, 5.41) is 4.44. The van der Waals surface area contributed by atoms with Crippen LogP contribution < -0.4 is 9.47 Å². The van der Waals surface area contributed by atoms with Crippen molar-refractivity contribution in [1.29, 1.82) is 0 Å². The molecule has 4 nitrogen and oxygen atoms in total. The normalized spacial score (nSPS) is 20.4. The summed E-state index contributed by atoms with van der Waals surface area (Å²) in [6.07, 6.45) is 7.58. The van der Waals surface area contributed by atoms with E-state index in [1.807, 2.05) is 18.2 Å². The molecule has 1 spiro atoms. The summed E-state index contributed by atoms with van der Waals surface area (Å²) in [4.78, 5) is 5.91. The number of rotatable bonds is 5. The zero-order valence-electron chi connectivity index (χ0n) is 16.6. The fourth-order valence-electron chi connectivity index (χ4n) is 3.91. The second-order valence-corrected chi connectivity index (χ2v) is 8.68. The van der Waals surface area contributed by atoms with Crippen LogP contribution in [0.1, 0.15) is 71.3 Å². The molecule has 2 aliphatic rings. The zero-order chi connectivity index (χ0) is 18.8. The predicted molar refractivity (Wildman–Crippen MR) is 105 cm³/mol. The van der Waals surface area contributed by atoms with Gasteiger partial charge in [0.25, 0.3) is 0 Å². The van der Waals surface area contributed by atoms with E-state index in [9.17, 15) is 0 Å². The smallest absolute Gasteiger partial charge is 0.162 e. The van der Waals surface area contributed by atoms with Crippen molar-refractivity contribution in [2.45, 2.75) is 77.4 Å². The van der Waals surface area contributed by atoms with Crippen LogP contribution in [0.4, 0.5) is 0 Å². The first kappa shape index (κ1) is 19.1. The molecular formula is C22H32NO3. The van der Waals surface area contributed by atoms with Gasteiger partial charge < -0.3 is 14.3 Å². The maximum Gasteiger partial charge on any atom is 0.162 e. The highest BCUT2D eigenvalue weighted by Crippen LogP contribution is 2.41. The van der Waals surface area contributed by atoms with Crippen LogP contribution in [0.15, 0.2) is 23.4 Å². The Bertz CT molecular complexity index is 654. The minimum atomic E-state index is -0.0736. The molecule has 0 saturated heterocycles. The third-order valence-electron chi connectivity index (χ3n) is 5.60. The molecular weight excluding hydrogens is 326 g/mol. The topological polar surface area (TPSA) is 40.0 Å². The highest BCUT2D eigenvalue weighted by atomic mass is 16.7. The molecule has 4 heteroatoms. The van der Waals surface area contributed by atoms with Crippen molar-refractivity contribution in [3.8, 4) is 11.5 Å². The Morgan fingerprint density at radius 2 is 1.92 bits per heavy atom. The molecule has 26 heavy (non-hydrogen) atoms. The van der Waals surface area contributed by atoms with E-state index in [0.717, 1.165) is 42.0 Å². The van der Waals surface area contributed by atoms with Crippen molar-refractivity contribution in [3.05, 3.63) is 30.7 Å². The fourth-order valence-corrected chi connectivity index (χ4v) is 3.91. The van der Waals surface area contributed by atoms with E-state index in [0.29, 0.717) is 6.42 Å². The van der Waals surface area contributed by atoms with E-state index in [2.05, 4.69) is 32.9 Å². The second-order valence-electron chi connectivity index (χ2n) is 8.68. The van der Waals surface area contributed by atoms with Crippen LogP contribution in [0.2, 0.25) is 0 Å². The number of nitrogens with zero attached hydrogens (tertiary/aromatic N) is 1.